The van der Waals surface area contributed by atoms with Gasteiger partial charge in [0.1, 0.15) is 0 Å². The smallest absolute Gasteiger partial charge is 0.220 e. The summed E-state index contributed by atoms with van der Waals surface area (Å²) >= 11 is 1.64. The number of aromatic nitrogens is 3. The molecule has 3 aromatic rings. The Morgan fingerprint density at radius 3 is 2.59 bits per heavy atom. The lowest BCUT2D eigenvalue weighted by Gasteiger charge is -2.31. The molecule has 0 bridgehead atoms. The largest absolute Gasteiger partial charge is 0.353 e. The van der Waals surface area contributed by atoms with Crippen LogP contribution in [-0.4, -0.2) is 39.6 Å². The molecule has 154 valence electrons. The van der Waals surface area contributed by atoms with Crippen LogP contribution < -0.4 is 10.2 Å². The molecule has 0 saturated carbocycles. The first kappa shape index (κ1) is 19.9. The van der Waals surface area contributed by atoms with Crippen molar-refractivity contribution in [1.82, 2.24) is 19.9 Å². The van der Waals surface area contributed by atoms with Gasteiger partial charge >= 0.3 is 0 Å². The highest BCUT2D eigenvalue weighted by Gasteiger charge is 2.24. The van der Waals surface area contributed by atoms with E-state index < -0.39 is 0 Å². The first-order chi connectivity index (χ1) is 13.9. The molecule has 1 amide bonds. The predicted octanol–water partition coefficient (Wildman–Crippen LogP) is 3.81. The summed E-state index contributed by atoms with van der Waals surface area (Å²) in [5.41, 5.74) is 2.31. The number of carbonyl (C=O) groups is 1. The van der Waals surface area contributed by atoms with E-state index in [1.165, 1.54) is 5.56 Å². The second kappa shape index (κ2) is 8.14. The highest BCUT2D eigenvalue weighted by molar-refractivity contribution is 7.20. The number of rotatable bonds is 5. The van der Waals surface area contributed by atoms with E-state index in [9.17, 15) is 4.79 Å². The number of aryl methyl sites for hydroxylation is 1. The number of amides is 1. The minimum absolute atomic E-state index is 0.0324. The van der Waals surface area contributed by atoms with Gasteiger partial charge in [-0.2, -0.15) is 0 Å². The molecule has 2 aromatic heterocycles. The molecule has 7 heteroatoms. The Bertz CT molecular complexity index is 933. The molecule has 1 N–H and O–H groups in total. The number of carbonyl (C=O) groups excluding carboxylic acids is 1. The van der Waals surface area contributed by atoms with Crippen LogP contribution in [0, 0.1) is 0 Å². The van der Waals surface area contributed by atoms with Crippen molar-refractivity contribution < 1.29 is 4.79 Å². The van der Waals surface area contributed by atoms with E-state index in [1.807, 2.05) is 28.9 Å². The lowest BCUT2D eigenvalue weighted by atomic mass is 9.93. The van der Waals surface area contributed by atoms with Gasteiger partial charge in [-0.25, -0.2) is 9.50 Å². The van der Waals surface area contributed by atoms with Crippen LogP contribution in [-0.2, 0) is 16.6 Å². The zero-order valence-electron chi connectivity index (χ0n) is 17.4. The van der Waals surface area contributed by atoms with E-state index in [4.69, 9.17) is 10.1 Å². The highest BCUT2D eigenvalue weighted by Crippen LogP contribution is 2.29. The third kappa shape index (κ3) is 4.78. The summed E-state index contributed by atoms with van der Waals surface area (Å²) in [6, 6.07) is 10.4. The number of imidazole rings is 1. The Morgan fingerprint density at radius 1 is 1.21 bits per heavy atom. The summed E-state index contributed by atoms with van der Waals surface area (Å²) in [4.78, 5) is 20.3. The summed E-state index contributed by atoms with van der Waals surface area (Å²) in [5, 5.41) is 8.95. The Balaban J connectivity index is 1.27. The van der Waals surface area contributed by atoms with Crippen molar-refractivity contribution in [3.63, 3.8) is 0 Å². The van der Waals surface area contributed by atoms with Gasteiger partial charge in [-0.3, -0.25) is 4.79 Å². The molecule has 29 heavy (non-hydrogen) atoms. The standard InChI is InChI=1S/C22H29N5OS/c1-22(2,3)18-15-27-20(24-18)29-21(25-27)26-13-11-17(12-14-26)23-19(28)10-9-16-7-5-4-6-8-16/h4-8,15,17H,9-14H2,1-3H3,(H,23,28). The lowest BCUT2D eigenvalue weighted by Crippen LogP contribution is -2.44. The number of fused-ring (bicyclic) bond motifs is 1. The molecule has 6 nitrogen and oxygen atoms in total. The summed E-state index contributed by atoms with van der Waals surface area (Å²) in [5.74, 6) is 0.148. The molecule has 0 aliphatic carbocycles. The third-order valence-electron chi connectivity index (χ3n) is 5.42. The number of hydrogen-bond acceptors (Lipinski definition) is 5. The van der Waals surface area contributed by atoms with Crippen molar-refractivity contribution in [2.45, 2.75) is 57.9 Å². The normalized spacial score (nSPS) is 15.8. The summed E-state index contributed by atoms with van der Waals surface area (Å²) < 4.78 is 1.90. The van der Waals surface area contributed by atoms with Crippen LogP contribution in [0.25, 0.3) is 4.96 Å². The van der Waals surface area contributed by atoms with E-state index in [2.05, 4.69) is 43.1 Å². The molecule has 3 heterocycles. The number of hydrogen-bond donors (Lipinski definition) is 1. The molecule has 1 aromatic carbocycles. The fraction of sp³-hybridized carbons (Fsp3) is 0.500. The summed E-state index contributed by atoms with van der Waals surface area (Å²) in [6.45, 7) is 8.32. The molecule has 1 aliphatic heterocycles. The number of nitrogens with one attached hydrogen (secondary N) is 1. The predicted molar refractivity (Wildman–Crippen MR) is 118 cm³/mol. The fourth-order valence-electron chi connectivity index (χ4n) is 3.60. The number of piperidine rings is 1. The lowest BCUT2D eigenvalue weighted by molar-refractivity contribution is -0.121. The fourth-order valence-corrected chi connectivity index (χ4v) is 4.53. The van der Waals surface area contributed by atoms with Crippen LogP contribution in [0.3, 0.4) is 0 Å². The molecule has 1 saturated heterocycles. The summed E-state index contributed by atoms with van der Waals surface area (Å²) in [7, 11) is 0. The van der Waals surface area contributed by atoms with Gasteiger partial charge in [0.25, 0.3) is 0 Å². The van der Waals surface area contributed by atoms with E-state index in [1.54, 1.807) is 11.3 Å². The highest BCUT2D eigenvalue weighted by atomic mass is 32.1. The van der Waals surface area contributed by atoms with Crippen LogP contribution in [0.2, 0.25) is 0 Å². The minimum atomic E-state index is 0.0324. The summed E-state index contributed by atoms with van der Waals surface area (Å²) in [6.07, 6.45) is 5.28. The molecule has 0 atom stereocenters. The van der Waals surface area contributed by atoms with Crippen LogP contribution in [0.1, 0.15) is 51.3 Å². The molecular weight excluding hydrogens is 382 g/mol. The number of anilines is 1. The van der Waals surface area contributed by atoms with Gasteiger partial charge in [-0.15, -0.1) is 5.10 Å². The molecule has 1 fully saturated rings. The first-order valence-corrected chi connectivity index (χ1v) is 11.1. The van der Waals surface area contributed by atoms with Gasteiger partial charge in [0.05, 0.1) is 11.9 Å². The monoisotopic (exact) mass is 411 g/mol. The van der Waals surface area contributed by atoms with Gasteiger partial charge in [-0.1, -0.05) is 62.4 Å². The molecule has 0 unspecified atom stereocenters. The maximum atomic E-state index is 12.3. The average molecular weight is 412 g/mol. The van der Waals surface area contributed by atoms with E-state index in [0.717, 1.165) is 48.1 Å². The van der Waals surface area contributed by atoms with Crippen molar-refractivity contribution in [3.8, 4) is 0 Å². The Labute approximate surface area is 175 Å². The van der Waals surface area contributed by atoms with Gasteiger partial charge in [0.2, 0.25) is 16.0 Å². The van der Waals surface area contributed by atoms with Crippen molar-refractivity contribution in [2.75, 3.05) is 18.0 Å². The van der Waals surface area contributed by atoms with Gasteiger partial charge in [-0.05, 0) is 24.8 Å². The maximum Gasteiger partial charge on any atom is 0.220 e. The minimum Gasteiger partial charge on any atom is -0.353 e. The SMILES string of the molecule is CC(C)(C)c1cn2nc(N3CCC(NC(=O)CCc4ccccc4)CC3)sc2n1. The Kier molecular flexibility index (Phi) is 5.58. The van der Waals surface area contributed by atoms with Crippen LogP contribution in [0.5, 0.6) is 0 Å². The van der Waals surface area contributed by atoms with Crippen LogP contribution >= 0.6 is 11.3 Å². The zero-order valence-corrected chi connectivity index (χ0v) is 18.2. The second-order valence-electron chi connectivity index (χ2n) is 8.80. The quantitative estimate of drug-likeness (QED) is 0.694. The van der Waals surface area contributed by atoms with E-state index in [0.29, 0.717) is 6.42 Å². The molecule has 0 spiro atoms. The molecular formula is C22H29N5OS. The first-order valence-electron chi connectivity index (χ1n) is 10.3. The van der Waals surface area contributed by atoms with Crippen molar-refractivity contribution >= 4 is 27.3 Å². The maximum absolute atomic E-state index is 12.3. The van der Waals surface area contributed by atoms with E-state index in [-0.39, 0.29) is 17.4 Å². The van der Waals surface area contributed by atoms with Gasteiger partial charge in [0.15, 0.2) is 0 Å². The van der Waals surface area contributed by atoms with Crippen molar-refractivity contribution in [3.05, 3.63) is 47.8 Å². The van der Waals surface area contributed by atoms with Crippen molar-refractivity contribution in [2.24, 2.45) is 0 Å². The third-order valence-corrected chi connectivity index (χ3v) is 6.40. The average Bonchev–Trinajstić information content (AvgIpc) is 3.27. The Hall–Kier alpha value is -2.41. The van der Waals surface area contributed by atoms with Crippen LogP contribution in [0.15, 0.2) is 36.5 Å². The topological polar surface area (TPSA) is 62.5 Å². The van der Waals surface area contributed by atoms with Gasteiger partial charge in [0, 0.05) is 31.0 Å². The Morgan fingerprint density at radius 2 is 1.93 bits per heavy atom. The van der Waals surface area contributed by atoms with Crippen molar-refractivity contribution in [1.29, 1.82) is 0 Å². The van der Waals surface area contributed by atoms with Gasteiger partial charge < -0.3 is 10.2 Å². The molecule has 4 rings (SSSR count). The zero-order chi connectivity index (χ0) is 20.4. The number of nitrogens with zero attached hydrogens (tertiary/aromatic N) is 4. The number of benzene rings is 1. The second-order valence-corrected chi connectivity index (χ2v) is 9.74. The molecule has 1 aliphatic rings. The van der Waals surface area contributed by atoms with Crippen LogP contribution in [0.4, 0.5) is 5.13 Å². The molecule has 0 radical (unpaired) electrons. The van der Waals surface area contributed by atoms with E-state index >= 15 is 0 Å².